The van der Waals surface area contributed by atoms with Crippen molar-refractivity contribution in [2.24, 2.45) is 11.8 Å². The van der Waals surface area contributed by atoms with Crippen molar-refractivity contribution in [1.29, 1.82) is 0 Å². The summed E-state index contributed by atoms with van der Waals surface area (Å²) in [5.41, 5.74) is 0.489. The van der Waals surface area contributed by atoms with Gasteiger partial charge < -0.3 is 13.3 Å². The molecule has 4 heteroatoms. The van der Waals surface area contributed by atoms with E-state index >= 15 is 0 Å². The first-order valence-corrected chi connectivity index (χ1v) is 11.7. The van der Waals surface area contributed by atoms with Crippen LogP contribution in [0, 0.1) is 11.8 Å². The Bertz CT molecular complexity index is 332. The lowest BCUT2D eigenvalue weighted by molar-refractivity contribution is 0.0437. The average Bonchev–Trinajstić information content (AvgIpc) is 3.18. The van der Waals surface area contributed by atoms with Crippen molar-refractivity contribution in [2.75, 3.05) is 19.8 Å². The predicted molar refractivity (Wildman–Crippen MR) is 97.4 cm³/mol. The third-order valence-corrected chi connectivity index (χ3v) is 8.53. The number of hydrogen-bond acceptors (Lipinski definition) is 3. The minimum Gasteiger partial charge on any atom is -0.373 e. The summed E-state index contributed by atoms with van der Waals surface area (Å²) >= 11 is 0. The Morgan fingerprint density at radius 2 is 1.30 bits per heavy atom. The van der Waals surface area contributed by atoms with E-state index in [1.165, 1.54) is 12.8 Å². The highest BCUT2D eigenvalue weighted by atomic mass is 28.4. The van der Waals surface area contributed by atoms with Gasteiger partial charge in [-0.15, -0.1) is 0 Å². The van der Waals surface area contributed by atoms with Crippen LogP contribution in [0.4, 0.5) is 0 Å². The second kappa shape index (κ2) is 9.97. The molecule has 1 fully saturated rings. The maximum absolute atomic E-state index is 6.46. The summed E-state index contributed by atoms with van der Waals surface area (Å²) in [6.45, 7) is 9.00. The fraction of sp³-hybridized carbons (Fsp3) is 0.895. The molecule has 134 valence electrons. The Kier molecular flexibility index (Phi) is 8.31. The van der Waals surface area contributed by atoms with Crippen LogP contribution in [0.5, 0.6) is 0 Å². The highest BCUT2D eigenvalue weighted by Crippen LogP contribution is 2.52. The van der Waals surface area contributed by atoms with Gasteiger partial charge in [0, 0.05) is 25.4 Å². The molecule has 1 saturated carbocycles. The predicted octanol–water partition coefficient (Wildman–Crippen LogP) is 5.34. The lowest BCUT2D eigenvalue weighted by atomic mass is 10.1. The Morgan fingerprint density at radius 3 is 1.65 bits per heavy atom. The van der Waals surface area contributed by atoms with Crippen LogP contribution in [0.2, 0.25) is 5.54 Å². The maximum Gasteiger partial charge on any atom is 0.504 e. The molecule has 0 N–H and O–H groups in total. The number of hydrogen-bond donors (Lipinski definition) is 0. The van der Waals surface area contributed by atoms with E-state index in [0.29, 0.717) is 11.5 Å². The smallest absolute Gasteiger partial charge is 0.373 e. The molecule has 3 atom stereocenters. The van der Waals surface area contributed by atoms with Gasteiger partial charge in [0.1, 0.15) is 0 Å². The van der Waals surface area contributed by atoms with Crippen LogP contribution in [0.1, 0.15) is 72.1 Å². The second-order valence-corrected chi connectivity index (χ2v) is 9.91. The molecule has 2 bridgehead atoms. The van der Waals surface area contributed by atoms with Crippen LogP contribution in [-0.2, 0) is 13.3 Å². The van der Waals surface area contributed by atoms with Crippen LogP contribution in [-0.4, -0.2) is 28.6 Å². The van der Waals surface area contributed by atoms with Crippen molar-refractivity contribution >= 4 is 8.80 Å². The SMILES string of the molecule is CCCCO[Si](OCCCC)(OCCCC)C1CC2C=CC1C2. The van der Waals surface area contributed by atoms with Crippen LogP contribution < -0.4 is 0 Å². The first-order chi connectivity index (χ1) is 11.3. The van der Waals surface area contributed by atoms with E-state index in [4.69, 9.17) is 13.3 Å². The number of unbranched alkanes of at least 4 members (excludes halogenated alkanes) is 3. The number of allylic oxidation sites excluding steroid dienone is 2. The van der Waals surface area contributed by atoms with E-state index in [1.807, 2.05) is 0 Å². The highest BCUT2D eigenvalue weighted by Gasteiger charge is 2.56. The van der Waals surface area contributed by atoms with E-state index in [0.717, 1.165) is 64.3 Å². The molecule has 0 heterocycles. The molecule has 0 amide bonds. The zero-order valence-electron chi connectivity index (χ0n) is 15.4. The summed E-state index contributed by atoms with van der Waals surface area (Å²) in [6, 6.07) is 0. The Morgan fingerprint density at radius 1 is 0.783 bits per heavy atom. The van der Waals surface area contributed by atoms with Crippen molar-refractivity contribution < 1.29 is 13.3 Å². The minimum atomic E-state index is -2.58. The van der Waals surface area contributed by atoms with Gasteiger partial charge in [0.05, 0.1) is 0 Å². The van der Waals surface area contributed by atoms with Gasteiger partial charge in [0.25, 0.3) is 0 Å². The average molecular weight is 341 g/mol. The summed E-state index contributed by atoms with van der Waals surface area (Å²) in [5.74, 6) is 1.35. The molecule has 2 aliphatic rings. The summed E-state index contributed by atoms with van der Waals surface area (Å²) < 4.78 is 19.4. The van der Waals surface area contributed by atoms with Crippen LogP contribution in [0.25, 0.3) is 0 Å². The molecule has 0 aromatic rings. The van der Waals surface area contributed by atoms with E-state index in [1.54, 1.807) is 0 Å². The fourth-order valence-corrected chi connectivity index (χ4v) is 7.25. The molecule has 0 saturated heterocycles. The van der Waals surface area contributed by atoms with Crippen molar-refractivity contribution in [2.45, 2.75) is 77.7 Å². The van der Waals surface area contributed by atoms with Gasteiger partial charge in [0.15, 0.2) is 0 Å². The molecule has 0 aliphatic heterocycles. The van der Waals surface area contributed by atoms with E-state index in [9.17, 15) is 0 Å². The third kappa shape index (κ3) is 5.15. The van der Waals surface area contributed by atoms with Crippen molar-refractivity contribution in [3.05, 3.63) is 12.2 Å². The standard InChI is InChI=1S/C19H36O3Si/c1-4-7-12-20-23(21-13-8-5-2,22-14-9-6-3)19-16-17-10-11-18(19)15-17/h10-11,17-19H,4-9,12-16H2,1-3H3. The van der Waals surface area contributed by atoms with Gasteiger partial charge in [0.2, 0.25) is 0 Å². The Hall–Kier alpha value is -0.163. The first-order valence-electron chi connectivity index (χ1n) is 9.85. The molecule has 3 unspecified atom stereocenters. The Balaban J connectivity index is 2.07. The third-order valence-electron chi connectivity index (χ3n) is 5.14. The van der Waals surface area contributed by atoms with Gasteiger partial charge in [-0.1, -0.05) is 52.2 Å². The van der Waals surface area contributed by atoms with Gasteiger partial charge in [-0.05, 0) is 43.9 Å². The number of fused-ring (bicyclic) bond motifs is 2. The van der Waals surface area contributed by atoms with Crippen LogP contribution in [0.3, 0.4) is 0 Å². The minimum absolute atomic E-state index is 0.489. The molecule has 0 radical (unpaired) electrons. The van der Waals surface area contributed by atoms with Crippen molar-refractivity contribution in [1.82, 2.24) is 0 Å². The quantitative estimate of drug-likeness (QED) is 0.257. The maximum atomic E-state index is 6.46. The van der Waals surface area contributed by atoms with Gasteiger partial charge in [-0.25, -0.2) is 0 Å². The summed E-state index contributed by atoms with van der Waals surface area (Å²) in [4.78, 5) is 0. The molecule has 2 aliphatic carbocycles. The molecule has 0 aromatic carbocycles. The van der Waals surface area contributed by atoms with E-state index < -0.39 is 8.80 Å². The summed E-state index contributed by atoms with van der Waals surface area (Å²) in [5, 5.41) is 0. The fourth-order valence-electron chi connectivity index (χ4n) is 3.71. The molecular formula is C19H36O3Si. The molecule has 0 aromatic heterocycles. The van der Waals surface area contributed by atoms with Crippen molar-refractivity contribution in [3.8, 4) is 0 Å². The molecule has 2 rings (SSSR count). The monoisotopic (exact) mass is 340 g/mol. The second-order valence-electron chi connectivity index (χ2n) is 7.10. The lowest BCUT2D eigenvalue weighted by Gasteiger charge is -2.37. The van der Waals surface area contributed by atoms with E-state index in [2.05, 4.69) is 32.9 Å². The Labute approximate surface area is 144 Å². The largest absolute Gasteiger partial charge is 0.504 e. The summed E-state index contributed by atoms with van der Waals surface area (Å²) in [7, 11) is -2.58. The first kappa shape index (κ1) is 19.2. The summed E-state index contributed by atoms with van der Waals surface area (Å²) in [6.07, 6.45) is 14.0. The van der Waals surface area contributed by atoms with Crippen molar-refractivity contribution in [3.63, 3.8) is 0 Å². The van der Waals surface area contributed by atoms with Crippen LogP contribution >= 0.6 is 0 Å². The van der Waals surface area contributed by atoms with Gasteiger partial charge in [-0.2, -0.15) is 0 Å². The topological polar surface area (TPSA) is 27.7 Å². The zero-order chi connectivity index (χ0) is 16.5. The molecular weight excluding hydrogens is 304 g/mol. The van der Waals surface area contributed by atoms with Crippen LogP contribution in [0.15, 0.2) is 12.2 Å². The molecule has 3 nitrogen and oxygen atoms in total. The van der Waals surface area contributed by atoms with Gasteiger partial charge >= 0.3 is 8.80 Å². The molecule has 23 heavy (non-hydrogen) atoms. The number of rotatable bonds is 13. The normalized spacial score (nSPS) is 26.3. The molecule has 0 spiro atoms. The van der Waals surface area contributed by atoms with E-state index in [-0.39, 0.29) is 0 Å². The lowest BCUT2D eigenvalue weighted by Crippen LogP contribution is -2.52. The zero-order valence-corrected chi connectivity index (χ0v) is 16.4. The van der Waals surface area contributed by atoms with Gasteiger partial charge in [-0.3, -0.25) is 0 Å². The highest BCUT2D eigenvalue weighted by molar-refractivity contribution is 6.62.